The van der Waals surface area contributed by atoms with E-state index in [-0.39, 0.29) is 18.5 Å². The van der Waals surface area contributed by atoms with Crippen LogP contribution in [0.15, 0.2) is 24.5 Å². The minimum atomic E-state index is -1.19. The van der Waals surface area contributed by atoms with Crippen LogP contribution in [-0.2, 0) is 25.5 Å². The van der Waals surface area contributed by atoms with Gasteiger partial charge in [-0.15, -0.1) is 0 Å². The summed E-state index contributed by atoms with van der Waals surface area (Å²) >= 11 is 0. The van der Waals surface area contributed by atoms with Crippen molar-refractivity contribution < 1.29 is 43.9 Å². The van der Waals surface area contributed by atoms with E-state index in [1.165, 1.54) is 24.0 Å². The lowest BCUT2D eigenvalue weighted by Crippen LogP contribution is -2.40. The fourth-order valence-electron chi connectivity index (χ4n) is 5.64. The van der Waals surface area contributed by atoms with Crippen molar-refractivity contribution >= 4 is 12.8 Å². The number of aliphatic hydroxyl groups is 2. The van der Waals surface area contributed by atoms with Crippen molar-refractivity contribution in [2.45, 2.75) is 95.0 Å². The monoisotopic (exact) mass is 565 g/mol. The van der Waals surface area contributed by atoms with Crippen LogP contribution >= 0.6 is 0 Å². The summed E-state index contributed by atoms with van der Waals surface area (Å²) in [5, 5.41) is 25.9. The first-order valence-electron chi connectivity index (χ1n) is 13.9. The lowest BCUT2D eigenvalue weighted by Gasteiger charge is -2.35. The largest absolute Gasteiger partial charge is 0.499 e. The number of carboxylic acid groups (broad SMARTS) is 1. The molecule has 10 heteroatoms. The van der Waals surface area contributed by atoms with Gasteiger partial charge in [0, 0.05) is 25.6 Å². The Labute approximate surface area is 237 Å². The summed E-state index contributed by atoms with van der Waals surface area (Å²) in [6.45, 7) is 11.6. The molecular formula is C30H47NO9. The summed E-state index contributed by atoms with van der Waals surface area (Å²) in [5.41, 5.74) is 0.714. The second kappa shape index (κ2) is 15.4. The number of nitrogens with zero attached hydrogens (tertiary/aromatic N) is 1. The van der Waals surface area contributed by atoms with Crippen molar-refractivity contribution in [1.82, 2.24) is 4.90 Å². The lowest BCUT2D eigenvalue weighted by atomic mass is 9.82. The van der Waals surface area contributed by atoms with Crippen LogP contribution in [0.4, 0.5) is 0 Å². The lowest BCUT2D eigenvalue weighted by molar-refractivity contribution is -0.125. The van der Waals surface area contributed by atoms with Gasteiger partial charge in [0.1, 0.15) is 17.5 Å². The smallest absolute Gasteiger partial charge is 0.290 e. The third kappa shape index (κ3) is 8.92. The van der Waals surface area contributed by atoms with Gasteiger partial charge in [0.05, 0.1) is 12.7 Å². The molecule has 0 aromatic heterocycles. The van der Waals surface area contributed by atoms with E-state index in [1.54, 1.807) is 35.0 Å². The number of carbonyl (C=O) groups excluding carboxylic acids is 1. The standard InChI is InChI=1S/C19H25NO4.C10H20O3.CH2O2/c1-12(21-2)19(22-3)18-14-10-17-16(23-11-24-17)9-13(14)6-8-20-7-4-5-15(18)20;1-4-10(13,8-11)7-5-6-9(2,3)12;2-1-3/h9-10,15,18-19H,1,4-8,11H2,2-3H3;8,12-13H,4-7H2,1-3H3;1H,(H,2,3). The molecule has 0 aliphatic carbocycles. The van der Waals surface area contributed by atoms with Gasteiger partial charge in [0.2, 0.25) is 6.79 Å². The topological polar surface area (TPSA) is 135 Å². The van der Waals surface area contributed by atoms with E-state index in [0.29, 0.717) is 50.6 Å². The average molecular weight is 566 g/mol. The van der Waals surface area contributed by atoms with Gasteiger partial charge in [-0.1, -0.05) is 13.5 Å². The third-order valence-corrected chi connectivity index (χ3v) is 7.88. The molecule has 10 nitrogen and oxygen atoms in total. The van der Waals surface area contributed by atoms with Gasteiger partial charge in [-0.3, -0.25) is 9.69 Å². The molecule has 3 aliphatic rings. The third-order valence-electron chi connectivity index (χ3n) is 7.88. The van der Waals surface area contributed by atoms with Crippen molar-refractivity contribution in [3.63, 3.8) is 0 Å². The van der Waals surface area contributed by atoms with E-state index in [4.69, 9.17) is 28.8 Å². The Bertz CT molecular complexity index is 977. The molecule has 0 saturated carbocycles. The van der Waals surface area contributed by atoms with E-state index in [2.05, 4.69) is 23.6 Å². The van der Waals surface area contributed by atoms with Crippen LogP contribution in [0.2, 0.25) is 0 Å². The van der Waals surface area contributed by atoms with Gasteiger partial charge in [-0.05, 0) is 88.6 Å². The van der Waals surface area contributed by atoms with E-state index >= 15 is 0 Å². The predicted molar refractivity (Wildman–Crippen MR) is 151 cm³/mol. The van der Waals surface area contributed by atoms with E-state index in [0.717, 1.165) is 31.0 Å². The van der Waals surface area contributed by atoms with Crippen LogP contribution in [0.3, 0.4) is 0 Å². The summed E-state index contributed by atoms with van der Waals surface area (Å²) < 4.78 is 22.5. The molecule has 1 aromatic carbocycles. The number of rotatable bonds is 10. The van der Waals surface area contributed by atoms with Crippen molar-refractivity contribution in [3.05, 3.63) is 35.6 Å². The van der Waals surface area contributed by atoms with Crippen molar-refractivity contribution in [2.24, 2.45) is 0 Å². The van der Waals surface area contributed by atoms with Crippen LogP contribution in [0, 0.1) is 0 Å². The first kappa shape index (κ1) is 33.5. The second-order valence-corrected chi connectivity index (χ2v) is 11.1. The fraction of sp³-hybridized carbons (Fsp3) is 0.667. The Morgan fingerprint density at radius 3 is 2.38 bits per heavy atom. The zero-order chi connectivity index (χ0) is 29.9. The zero-order valence-electron chi connectivity index (χ0n) is 24.6. The Morgan fingerprint density at radius 2 is 1.82 bits per heavy atom. The molecule has 40 heavy (non-hydrogen) atoms. The summed E-state index contributed by atoms with van der Waals surface area (Å²) in [6.07, 6.45) is 5.98. The van der Waals surface area contributed by atoms with Gasteiger partial charge in [-0.2, -0.15) is 0 Å². The maximum absolute atomic E-state index is 10.5. The number of carbonyl (C=O) groups is 2. The average Bonchev–Trinajstić information content (AvgIpc) is 3.55. The van der Waals surface area contributed by atoms with Crippen LogP contribution in [0.25, 0.3) is 0 Å². The van der Waals surface area contributed by atoms with Gasteiger partial charge >= 0.3 is 0 Å². The Hall–Kier alpha value is -2.66. The van der Waals surface area contributed by atoms with Crippen LogP contribution in [-0.4, -0.2) is 90.4 Å². The van der Waals surface area contributed by atoms with Gasteiger partial charge < -0.3 is 39.1 Å². The summed E-state index contributed by atoms with van der Waals surface area (Å²) in [6, 6.07) is 4.75. The van der Waals surface area contributed by atoms with Gasteiger partial charge in [0.25, 0.3) is 6.47 Å². The highest BCUT2D eigenvalue weighted by molar-refractivity contribution is 5.61. The Morgan fingerprint density at radius 1 is 1.18 bits per heavy atom. The van der Waals surface area contributed by atoms with Crippen LogP contribution in [0.1, 0.15) is 76.3 Å². The number of hydrogen-bond acceptors (Lipinski definition) is 9. The number of hydrogen-bond donors (Lipinski definition) is 3. The molecule has 4 rings (SSSR count). The fourth-order valence-corrected chi connectivity index (χ4v) is 5.64. The second-order valence-electron chi connectivity index (χ2n) is 11.1. The molecule has 1 saturated heterocycles. The summed E-state index contributed by atoms with van der Waals surface area (Å²) in [7, 11) is 3.41. The molecule has 0 radical (unpaired) electrons. The van der Waals surface area contributed by atoms with Gasteiger partial charge in [-0.25, -0.2) is 0 Å². The van der Waals surface area contributed by atoms with Crippen molar-refractivity contribution in [1.29, 1.82) is 0 Å². The highest BCUT2D eigenvalue weighted by Gasteiger charge is 2.42. The number of ether oxygens (including phenoxy) is 4. The normalized spacial score (nSPS) is 21.6. The Balaban J connectivity index is 0.000000299. The highest BCUT2D eigenvalue weighted by atomic mass is 16.7. The van der Waals surface area contributed by atoms with Crippen LogP contribution < -0.4 is 9.47 Å². The number of methoxy groups -OCH3 is 2. The highest BCUT2D eigenvalue weighted by Crippen LogP contribution is 2.45. The quantitative estimate of drug-likeness (QED) is 0.285. The summed E-state index contributed by atoms with van der Waals surface area (Å²) in [5.74, 6) is 2.56. The molecule has 0 spiro atoms. The molecule has 4 unspecified atom stereocenters. The minimum absolute atomic E-state index is 0.169. The summed E-state index contributed by atoms with van der Waals surface area (Å²) in [4.78, 5) is 21.5. The molecule has 4 atom stereocenters. The number of aldehydes is 1. The maximum Gasteiger partial charge on any atom is 0.290 e. The molecule has 226 valence electrons. The molecule has 3 N–H and O–H groups in total. The van der Waals surface area contributed by atoms with Gasteiger partial charge in [0.15, 0.2) is 17.8 Å². The minimum Gasteiger partial charge on any atom is -0.499 e. The zero-order valence-corrected chi connectivity index (χ0v) is 24.6. The molecule has 3 heterocycles. The maximum atomic E-state index is 10.5. The molecule has 1 aromatic rings. The number of benzene rings is 1. The predicted octanol–water partition coefficient (Wildman–Crippen LogP) is 3.66. The molecule has 0 bridgehead atoms. The van der Waals surface area contributed by atoms with Crippen molar-refractivity contribution in [3.8, 4) is 11.5 Å². The SMILES string of the molecule is C=C(OC)C(OC)C1c2cc3c(cc2CCN2CCCC12)OCO3.CCC(O)(C=O)CCCC(C)(C)O.O=CO. The molecule has 0 amide bonds. The van der Waals surface area contributed by atoms with E-state index in [1.807, 2.05) is 0 Å². The Kier molecular flexibility index (Phi) is 12.9. The van der Waals surface area contributed by atoms with Crippen LogP contribution in [0.5, 0.6) is 11.5 Å². The molecule has 1 fully saturated rings. The molecular weight excluding hydrogens is 518 g/mol. The first-order valence-corrected chi connectivity index (χ1v) is 13.9. The molecule has 3 aliphatic heterocycles. The first-order chi connectivity index (χ1) is 19.0. The van der Waals surface area contributed by atoms with E-state index < -0.39 is 11.2 Å². The van der Waals surface area contributed by atoms with Crippen molar-refractivity contribution in [2.75, 3.05) is 34.1 Å². The number of fused-ring (bicyclic) bond motifs is 3. The van der Waals surface area contributed by atoms with E-state index in [9.17, 15) is 15.0 Å².